The maximum absolute atomic E-state index is 5.82. The Hall–Kier alpha value is -1.28. The molecule has 0 amide bonds. The summed E-state index contributed by atoms with van der Waals surface area (Å²) < 4.78 is 5.22. The van der Waals surface area contributed by atoms with Crippen molar-refractivity contribution in [1.82, 2.24) is 19.2 Å². The molecule has 1 saturated carbocycles. The summed E-state index contributed by atoms with van der Waals surface area (Å²) in [4.78, 5) is 5.21. The molecule has 7 heteroatoms. The van der Waals surface area contributed by atoms with Crippen molar-refractivity contribution in [2.24, 2.45) is 0 Å². The van der Waals surface area contributed by atoms with Gasteiger partial charge in [0.25, 0.3) is 0 Å². The zero-order valence-electron chi connectivity index (χ0n) is 13.9. The third-order valence-corrected chi connectivity index (χ3v) is 7.32. The minimum absolute atomic E-state index is 0.512. The lowest BCUT2D eigenvalue weighted by Crippen LogP contribution is -2.26. The second kappa shape index (κ2) is 6.46. The molecule has 3 aromatic heterocycles. The Labute approximate surface area is 160 Å². The molecule has 0 N–H and O–H groups in total. The smallest absolute Gasteiger partial charge is 0.199 e. The molecule has 130 valence electrons. The molecule has 3 aromatic rings. The van der Waals surface area contributed by atoms with Crippen molar-refractivity contribution in [3.05, 3.63) is 44.7 Å². The molecule has 2 aliphatic rings. The third kappa shape index (κ3) is 2.93. The van der Waals surface area contributed by atoms with Crippen molar-refractivity contribution in [3.8, 4) is 10.7 Å². The van der Waals surface area contributed by atoms with E-state index >= 15 is 0 Å². The van der Waals surface area contributed by atoms with Gasteiger partial charge >= 0.3 is 0 Å². The van der Waals surface area contributed by atoms with E-state index in [1.165, 1.54) is 35.4 Å². The summed E-state index contributed by atoms with van der Waals surface area (Å²) in [5.41, 5.74) is 0. The Kier molecular flexibility index (Phi) is 4.12. The molecule has 25 heavy (non-hydrogen) atoms. The van der Waals surface area contributed by atoms with Crippen molar-refractivity contribution in [2.45, 2.75) is 44.4 Å². The quantitative estimate of drug-likeness (QED) is 0.552. The number of aromatic nitrogens is 3. The second-order valence-electron chi connectivity index (χ2n) is 6.81. The van der Waals surface area contributed by atoms with E-state index < -0.39 is 0 Å². The zero-order valence-corrected chi connectivity index (χ0v) is 16.3. The molecule has 4 nitrogen and oxygen atoms in total. The molecule has 2 fully saturated rings. The lowest BCUT2D eigenvalue weighted by molar-refractivity contribution is 0.192. The predicted octanol–water partition coefficient (Wildman–Crippen LogP) is 5.33. The Bertz CT molecular complexity index is 903. The first kappa shape index (κ1) is 15.9. The number of rotatable bonds is 5. The normalized spacial score (nSPS) is 21.2. The fourth-order valence-corrected chi connectivity index (χ4v) is 5.65. The molecular formula is C18H20N4S3. The number of hydrogen-bond acceptors (Lipinski definition) is 5. The third-order valence-electron chi connectivity index (χ3n) is 5.07. The van der Waals surface area contributed by atoms with Crippen LogP contribution < -0.4 is 0 Å². The Morgan fingerprint density at radius 2 is 1.96 bits per heavy atom. The van der Waals surface area contributed by atoms with E-state index in [0.29, 0.717) is 12.1 Å². The number of nitrogens with zero attached hydrogens (tertiary/aromatic N) is 4. The Morgan fingerprint density at radius 1 is 1.12 bits per heavy atom. The van der Waals surface area contributed by atoms with E-state index in [1.807, 2.05) is 11.3 Å². The first-order chi connectivity index (χ1) is 12.3. The van der Waals surface area contributed by atoms with Gasteiger partial charge in [-0.15, -0.1) is 27.8 Å². The van der Waals surface area contributed by atoms with E-state index in [-0.39, 0.29) is 0 Å². The Balaban J connectivity index is 1.48. The monoisotopic (exact) mass is 388 g/mol. The van der Waals surface area contributed by atoms with Gasteiger partial charge in [-0.2, -0.15) is 0 Å². The summed E-state index contributed by atoms with van der Waals surface area (Å²) >= 11 is 9.42. The van der Waals surface area contributed by atoms with Gasteiger partial charge in [0.15, 0.2) is 10.6 Å². The van der Waals surface area contributed by atoms with Crippen molar-refractivity contribution in [2.75, 3.05) is 6.54 Å². The number of hydrogen-bond donors (Lipinski definition) is 0. The lowest BCUT2D eigenvalue weighted by atomic mass is 10.2. The molecule has 1 atom stereocenters. The van der Waals surface area contributed by atoms with E-state index in [2.05, 4.69) is 49.2 Å². The van der Waals surface area contributed by atoms with E-state index in [1.54, 1.807) is 11.3 Å². The summed E-state index contributed by atoms with van der Waals surface area (Å²) in [5, 5.41) is 9.23. The van der Waals surface area contributed by atoms with Crippen LogP contribution in [0.15, 0.2) is 35.0 Å². The molecule has 0 aromatic carbocycles. The van der Waals surface area contributed by atoms with Gasteiger partial charge in [-0.05, 0) is 60.8 Å². The molecule has 5 rings (SSSR count). The highest BCUT2D eigenvalue weighted by atomic mass is 32.1. The van der Waals surface area contributed by atoms with Gasteiger partial charge in [-0.1, -0.05) is 12.1 Å². The lowest BCUT2D eigenvalue weighted by Gasteiger charge is -2.23. The molecule has 0 bridgehead atoms. The summed E-state index contributed by atoms with van der Waals surface area (Å²) in [6.07, 6.45) is 4.92. The highest BCUT2D eigenvalue weighted by Crippen LogP contribution is 2.40. The fourth-order valence-electron chi connectivity index (χ4n) is 3.72. The largest absolute Gasteiger partial charge is 0.296 e. The summed E-state index contributed by atoms with van der Waals surface area (Å²) in [6, 6.07) is 9.70. The van der Waals surface area contributed by atoms with Crippen molar-refractivity contribution < 1.29 is 0 Å². The van der Waals surface area contributed by atoms with Crippen LogP contribution in [0.2, 0.25) is 0 Å². The number of likely N-dealkylation sites (tertiary alicyclic amines) is 1. The SMILES string of the molecule is S=c1n(CN2CCCC2c2cccs2)nc(-c2cccs2)n1C1CC1. The molecule has 0 spiro atoms. The highest BCUT2D eigenvalue weighted by molar-refractivity contribution is 7.71. The van der Waals surface area contributed by atoms with Gasteiger partial charge < -0.3 is 0 Å². The van der Waals surface area contributed by atoms with Crippen LogP contribution >= 0.6 is 34.9 Å². The summed E-state index contributed by atoms with van der Waals surface area (Å²) in [5.74, 6) is 1.05. The zero-order chi connectivity index (χ0) is 16.8. The summed E-state index contributed by atoms with van der Waals surface area (Å²) in [6.45, 7) is 1.91. The van der Waals surface area contributed by atoms with Gasteiger partial charge in [0.05, 0.1) is 11.5 Å². The minimum atomic E-state index is 0.512. The average Bonchev–Trinajstić information content (AvgIpc) is 3.11. The maximum Gasteiger partial charge on any atom is 0.199 e. The standard InChI is InChI=1S/C18H20N4S3/c23-18-21(12-20-9-1-4-14(20)15-5-2-10-24-15)19-17(16-6-3-11-25-16)22(18)13-7-8-13/h2-3,5-6,10-11,13-14H,1,4,7-9,12H2. The topological polar surface area (TPSA) is 26.0 Å². The van der Waals surface area contributed by atoms with Crippen LogP contribution in [-0.4, -0.2) is 25.8 Å². The second-order valence-corrected chi connectivity index (χ2v) is 9.10. The molecule has 1 aliphatic heterocycles. The maximum atomic E-state index is 5.82. The van der Waals surface area contributed by atoms with Crippen LogP contribution in [0.25, 0.3) is 10.7 Å². The molecule has 1 saturated heterocycles. The van der Waals surface area contributed by atoms with Crippen molar-refractivity contribution in [3.63, 3.8) is 0 Å². The first-order valence-electron chi connectivity index (χ1n) is 8.82. The van der Waals surface area contributed by atoms with E-state index in [9.17, 15) is 0 Å². The van der Waals surface area contributed by atoms with Crippen molar-refractivity contribution >= 4 is 34.9 Å². The van der Waals surface area contributed by atoms with Crippen LogP contribution in [0.5, 0.6) is 0 Å². The average molecular weight is 389 g/mol. The van der Waals surface area contributed by atoms with Gasteiger partial charge in [-0.3, -0.25) is 9.47 Å². The fraction of sp³-hybridized carbons (Fsp3) is 0.444. The van der Waals surface area contributed by atoms with Crippen LogP contribution in [0, 0.1) is 4.77 Å². The van der Waals surface area contributed by atoms with Crippen molar-refractivity contribution in [1.29, 1.82) is 0 Å². The highest BCUT2D eigenvalue weighted by Gasteiger charge is 2.31. The predicted molar refractivity (Wildman–Crippen MR) is 106 cm³/mol. The van der Waals surface area contributed by atoms with Crippen LogP contribution in [0.4, 0.5) is 0 Å². The van der Waals surface area contributed by atoms with Gasteiger partial charge in [-0.25, -0.2) is 4.68 Å². The van der Waals surface area contributed by atoms with Crippen LogP contribution in [0.3, 0.4) is 0 Å². The number of thiophene rings is 2. The minimum Gasteiger partial charge on any atom is -0.296 e. The Morgan fingerprint density at radius 3 is 2.68 bits per heavy atom. The molecule has 1 unspecified atom stereocenters. The van der Waals surface area contributed by atoms with E-state index in [0.717, 1.165) is 23.8 Å². The molecule has 0 radical (unpaired) electrons. The molecular weight excluding hydrogens is 368 g/mol. The molecule has 4 heterocycles. The van der Waals surface area contributed by atoms with Gasteiger partial charge in [0, 0.05) is 23.5 Å². The van der Waals surface area contributed by atoms with Crippen LogP contribution in [0.1, 0.15) is 42.6 Å². The van der Waals surface area contributed by atoms with Crippen LogP contribution in [-0.2, 0) is 6.67 Å². The molecule has 1 aliphatic carbocycles. The van der Waals surface area contributed by atoms with Gasteiger partial charge in [0.1, 0.15) is 0 Å². The first-order valence-corrected chi connectivity index (χ1v) is 11.0. The van der Waals surface area contributed by atoms with E-state index in [4.69, 9.17) is 17.3 Å². The van der Waals surface area contributed by atoms with Gasteiger partial charge in [0.2, 0.25) is 0 Å². The summed E-state index contributed by atoms with van der Waals surface area (Å²) in [7, 11) is 0.